The highest BCUT2D eigenvalue weighted by molar-refractivity contribution is 8.01. The van der Waals surface area contributed by atoms with Crippen molar-refractivity contribution in [3.63, 3.8) is 0 Å². The Kier molecular flexibility index (Phi) is 5.94. The summed E-state index contributed by atoms with van der Waals surface area (Å²) in [6.45, 7) is 2.92. The SMILES string of the molecule is CCCNc1nnc(SCC(=O)Nc2cccc(F)c2)s1. The number of thioether (sulfide) groups is 1. The molecule has 1 aromatic heterocycles. The second-order valence-electron chi connectivity index (χ2n) is 4.15. The molecule has 0 aliphatic carbocycles. The fourth-order valence-electron chi connectivity index (χ4n) is 1.46. The van der Waals surface area contributed by atoms with E-state index in [-0.39, 0.29) is 17.5 Å². The number of rotatable bonds is 7. The molecule has 2 N–H and O–H groups in total. The van der Waals surface area contributed by atoms with Crippen LogP contribution in [0.5, 0.6) is 0 Å². The van der Waals surface area contributed by atoms with Crippen LogP contribution in [-0.2, 0) is 4.79 Å². The van der Waals surface area contributed by atoms with Crippen molar-refractivity contribution in [1.82, 2.24) is 10.2 Å². The second-order valence-corrected chi connectivity index (χ2v) is 6.35. The van der Waals surface area contributed by atoms with E-state index in [2.05, 4.69) is 27.8 Å². The summed E-state index contributed by atoms with van der Waals surface area (Å²) in [7, 11) is 0. The monoisotopic (exact) mass is 326 g/mol. The molecule has 2 aromatic rings. The second kappa shape index (κ2) is 7.94. The Morgan fingerprint density at radius 1 is 1.43 bits per heavy atom. The van der Waals surface area contributed by atoms with Crippen LogP contribution in [0.4, 0.5) is 15.2 Å². The number of hydrogen-bond acceptors (Lipinski definition) is 6. The van der Waals surface area contributed by atoms with E-state index >= 15 is 0 Å². The van der Waals surface area contributed by atoms with E-state index in [4.69, 9.17) is 0 Å². The van der Waals surface area contributed by atoms with Crippen molar-refractivity contribution in [3.8, 4) is 0 Å². The molecule has 1 amide bonds. The standard InChI is InChI=1S/C13H15FN4OS2/c1-2-6-15-12-17-18-13(21-12)20-8-11(19)16-10-5-3-4-9(14)7-10/h3-5,7H,2,6,8H2,1H3,(H,15,17)(H,16,19). The molecule has 0 saturated heterocycles. The van der Waals surface area contributed by atoms with Crippen molar-refractivity contribution in [2.45, 2.75) is 17.7 Å². The van der Waals surface area contributed by atoms with Crippen LogP contribution in [-0.4, -0.2) is 28.4 Å². The first kappa shape index (κ1) is 15.7. The average Bonchev–Trinajstić information content (AvgIpc) is 2.91. The highest BCUT2D eigenvalue weighted by Crippen LogP contribution is 2.25. The Balaban J connectivity index is 1.79. The number of hydrogen-bond donors (Lipinski definition) is 2. The number of carbonyl (C=O) groups is 1. The van der Waals surface area contributed by atoms with Gasteiger partial charge in [-0.1, -0.05) is 36.1 Å². The summed E-state index contributed by atoms with van der Waals surface area (Å²) in [5.74, 6) is -0.376. The normalized spacial score (nSPS) is 10.4. The van der Waals surface area contributed by atoms with Crippen molar-refractivity contribution in [2.24, 2.45) is 0 Å². The predicted molar refractivity (Wildman–Crippen MR) is 84.4 cm³/mol. The third-order valence-electron chi connectivity index (χ3n) is 2.37. The summed E-state index contributed by atoms with van der Waals surface area (Å²) in [4.78, 5) is 11.8. The van der Waals surface area contributed by atoms with Gasteiger partial charge in [-0.25, -0.2) is 4.39 Å². The number of aromatic nitrogens is 2. The summed E-state index contributed by atoms with van der Waals surface area (Å²) in [5.41, 5.74) is 0.447. The van der Waals surface area contributed by atoms with Crippen molar-refractivity contribution in [2.75, 3.05) is 22.9 Å². The average molecular weight is 326 g/mol. The summed E-state index contributed by atoms with van der Waals surface area (Å²) < 4.78 is 13.7. The molecule has 0 saturated carbocycles. The summed E-state index contributed by atoms with van der Waals surface area (Å²) in [6, 6.07) is 5.80. The minimum Gasteiger partial charge on any atom is -0.360 e. The topological polar surface area (TPSA) is 66.9 Å². The van der Waals surface area contributed by atoms with E-state index in [9.17, 15) is 9.18 Å². The Morgan fingerprint density at radius 3 is 3.05 bits per heavy atom. The van der Waals surface area contributed by atoms with E-state index in [1.165, 1.54) is 35.2 Å². The molecule has 0 aliphatic heterocycles. The van der Waals surface area contributed by atoms with Gasteiger partial charge in [0.25, 0.3) is 0 Å². The van der Waals surface area contributed by atoms with Crippen LogP contribution in [0.1, 0.15) is 13.3 Å². The molecule has 5 nitrogen and oxygen atoms in total. The molecule has 0 radical (unpaired) electrons. The van der Waals surface area contributed by atoms with E-state index in [0.717, 1.165) is 22.4 Å². The van der Waals surface area contributed by atoms with Gasteiger partial charge >= 0.3 is 0 Å². The molecular weight excluding hydrogens is 311 g/mol. The Labute approximate surface area is 130 Å². The first-order chi connectivity index (χ1) is 10.2. The van der Waals surface area contributed by atoms with Crippen molar-refractivity contribution in [1.29, 1.82) is 0 Å². The van der Waals surface area contributed by atoms with Crippen LogP contribution >= 0.6 is 23.1 Å². The Bertz CT molecular complexity index is 605. The van der Waals surface area contributed by atoms with E-state index < -0.39 is 0 Å². The van der Waals surface area contributed by atoms with Crippen LogP contribution in [0.3, 0.4) is 0 Å². The van der Waals surface area contributed by atoms with Crippen LogP contribution in [0.25, 0.3) is 0 Å². The molecule has 1 heterocycles. The van der Waals surface area contributed by atoms with Gasteiger partial charge in [0.2, 0.25) is 11.0 Å². The zero-order valence-corrected chi connectivity index (χ0v) is 13.1. The molecular formula is C13H15FN4OS2. The maximum Gasteiger partial charge on any atom is 0.234 e. The summed E-state index contributed by atoms with van der Waals surface area (Å²) in [5, 5.41) is 14.5. The van der Waals surface area contributed by atoms with E-state index in [0.29, 0.717) is 5.69 Å². The smallest absolute Gasteiger partial charge is 0.234 e. The third-order valence-corrected chi connectivity index (χ3v) is 4.38. The molecule has 8 heteroatoms. The lowest BCUT2D eigenvalue weighted by molar-refractivity contribution is -0.113. The van der Waals surface area contributed by atoms with Gasteiger partial charge in [-0.3, -0.25) is 4.79 Å². The number of anilines is 2. The molecule has 0 fully saturated rings. The van der Waals surface area contributed by atoms with Crippen molar-refractivity contribution < 1.29 is 9.18 Å². The van der Waals surface area contributed by atoms with E-state index in [1.54, 1.807) is 12.1 Å². The first-order valence-electron chi connectivity index (χ1n) is 6.43. The van der Waals surface area contributed by atoms with Gasteiger partial charge in [-0.2, -0.15) is 0 Å². The molecule has 0 spiro atoms. The zero-order chi connectivity index (χ0) is 15.1. The molecule has 0 atom stereocenters. The van der Waals surface area contributed by atoms with Crippen molar-refractivity contribution >= 4 is 39.8 Å². The van der Waals surface area contributed by atoms with Gasteiger partial charge in [0.05, 0.1) is 5.75 Å². The Hall–Kier alpha value is -1.67. The molecule has 112 valence electrons. The minimum atomic E-state index is -0.379. The maximum absolute atomic E-state index is 13.0. The largest absolute Gasteiger partial charge is 0.360 e. The number of halogens is 1. The van der Waals surface area contributed by atoms with Gasteiger partial charge in [-0.05, 0) is 24.6 Å². The number of amides is 1. The van der Waals surface area contributed by atoms with Gasteiger partial charge < -0.3 is 10.6 Å². The minimum absolute atomic E-state index is 0.205. The van der Waals surface area contributed by atoms with E-state index in [1.807, 2.05) is 0 Å². The predicted octanol–water partition coefficient (Wildman–Crippen LogP) is 3.23. The van der Waals surface area contributed by atoms with Gasteiger partial charge in [0, 0.05) is 12.2 Å². The number of nitrogens with zero attached hydrogens (tertiary/aromatic N) is 2. The van der Waals surface area contributed by atoms with Crippen LogP contribution in [0.2, 0.25) is 0 Å². The van der Waals surface area contributed by atoms with Gasteiger partial charge in [0.1, 0.15) is 5.82 Å². The fraction of sp³-hybridized carbons (Fsp3) is 0.308. The fourth-order valence-corrected chi connectivity index (χ4v) is 3.04. The molecule has 0 unspecified atom stereocenters. The van der Waals surface area contributed by atoms with Gasteiger partial charge in [0.15, 0.2) is 4.34 Å². The highest BCUT2D eigenvalue weighted by Gasteiger charge is 2.08. The zero-order valence-electron chi connectivity index (χ0n) is 11.4. The first-order valence-corrected chi connectivity index (χ1v) is 8.23. The highest BCUT2D eigenvalue weighted by atomic mass is 32.2. The quantitative estimate of drug-likeness (QED) is 0.765. The summed E-state index contributed by atoms with van der Waals surface area (Å²) >= 11 is 2.72. The third kappa shape index (κ3) is 5.31. The lowest BCUT2D eigenvalue weighted by Crippen LogP contribution is -2.13. The molecule has 2 rings (SSSR count). The molecule has 21 heavy (non-hydrogen) atoms. The van der Waals surface area contributed by atoms with Gasteiger partial charge in [-0.15, -0.1) is 10.2 Å². The van der Waals surface area contributed by atoms with Crippen molar-refractivity contribution in [3.05, 3.63) is 30.1 Å². The van der Waals surface area contributed by atoms with Crippen LogP contribution in [0.15, 0.2) is 28.6 Å². The van der Waals surface area contributed by atoms with Crippen LogP contribution < -0.4 is 10.6 Å². The van der Waals surface area contributed by atoms with Crippen LogP contribution in [0, 0.1) is 5.82 Å². The number of benzene rings is 1. The lowest BCUT2D eigenvalue weighted by atomic mass is 10.3. The maximum atomic E-state index is 13.0. The number of nitrogens with one attached hydrogen (secondary N) is 2. The Morgan fingerprint density at radius 2 is 2.29 bits per heavy atom. The number of carbonyl (C=O) groups excluding carboxylic acids is 1. The lowest BCUT2D eigenvalue weighted by Gasteiger charge is -2.03. The summed E-state index contributed by atoms with van der Waals surface area (Å²) in [6.07, 6.45) is 1.01. The molecule has 1 aromatic carbocycles. The molecule has 0 bridgehead atoms. The molecule has 0 aliphatic rings.